The van der Waals surface area contributed by atoms with Gasteiger partial charge < -0.3 is 15.0 Å². The van der Waals surface area contributed by atoms with E-state index < -0.39 is 0 Å². The Morgan fingerprint density at radius 2 is 2.26 bits per heavy atom. The largest absolute Gasteiger partial charge is 0.370 e. The normalized spacial score (nSPS) is 21.5. The summed E-state index contributed by atoms with van der Waals surface area (Å²) in [5.74, 6) is 0.720. The van der Waals surface area contributed by atoms with E-state index in [2.05, 4.69) is 18.3 Å². The summed E-state index contributed by atoms with van der Waals surface area (Å²) in [6.07, 6.45) is 4.36. The Morgan fingerprint density at radius 3 is 2.96 bits per heavy atom. The van der Waals surface area contributed by atoms with E-state index in [4.69, 9.17) is 4.74 Å². The molecule has 124 valence electrons. The lowest BCUT2D eigenvalue weighted by Crippen LogP contribution is -3.15. The number of amides is 1. The van der Waals surface area contributed by atoms with Crippen LogP contribution in [0.25, 0.3) is 0 Å². The molecule has 0 bridgehead atoms. The van der Waals surface area contributed by atoms with Gasteiger partial charge in [-0.15, -0.1) is 11.3 Å². The molecule has 1 aromatic rings. The Labute approximate surface area is 141 Å². The molecule has 2 heterocycles. The third kappa shape index (κ3) is 3.74. The van der Waals surface area contributed by atoms with E-state index >= 15 is 0 Å². The van der Waals surface area contributed by atoms with Crippen molar-refractivity contribution in [1.29, 1.82) is 5.26 Å². The van der Waals surface area contributed by atoms with Gasteiger partial charge in [0.05, 0.1) is 18.8 Å². The van der Waals surface area contributed by atoms with Crippen LogP contribution in [0.1, 0.15) is 35.8 Å². The number of nitriles is 1. The minimum atomic E-state index is 0.00374. The molecule has 1 saturated heterocycles. The van der Waals surface area contributed by atoms with Crippen molar-refractivity contribution in [2.75, 3.05) is 38.2 Å². The van der Waals surface area contributed by atoms with Gasteiger partial charge in [-0.25, -0.2) is 0 Å². The molecule has 3 rings (SSSR count). The van der Waals surface area contributed by atoms with Gasteiger partial charge in [0, 0.05) is 4.88 Å². The molecular weight excluding hydrogens is 310 g/mol. The van der Waals surface area contributed by atoms with Gasteiger partial charge in [-0.2, -0.15) is 5.26 Å². The number of quaternary nitrogens is 1. The number of carbonyl (C=O) groups is 1. The van der Waals surface area contributed by atoms with Crippen LogP contribution in [0, 0.1) is 17.2 Å². The molecule has 1 aliphatic carbocycles. The maximum Gasteiger partial charge on any atom is 0.280 e. The SMILES string of the molecule is CC[C@@H]1CCc2c(sc(NC(=O)C[NH+]3CCOCC3)c2C#N)C1. The Kier molecular flexibility index (Phi) is 5.31. The van der Waals surface area contributed by atoms with Gasteiger partial charge in [0.25, 0.3) is 5.91 Å². The van der Waals surface area contributed by atoms with Crippen LogP contribution in [0.5, 0.6) is 0 Å². The molecule has 0 saturated carbocycles. The quantitative estimate of drug-likeness (QED) is 0.863. The van der Waals surface area contributed by atoms with Crippen LogP contribution in [-0.2, 0) is 22.4 Å². The number of ether oxygens (including phenoxy) is 1. The Balaban J connectivity index is 1.69. The number of nitrogens with zero attached hydrogens (tertiary/aromatic N) is 1. The monoisotopic (exact) mass is 334 g/mol. The zero-order valence-corrected chi connectivity index (χ0v) is 14.4. The van der Waals surface area contributed by atoms with Crippen molar-refractivity contribution in [2.45, 2.75) is 32.6 Å². The molecule has 5 nitrogen and oxygen atoms in total. The Bertz CT molecular complexity index is 614. The number of rotatable bonds is 4. The zero-order valence-electron chi connectivity index (χ0n) is 13.6. The topological polar surface area (TPSA) is 66.6 Å². The van der Waals surface area contributed by atoms with Gasteiger partial charge >= 0.3 is 0 Å². The van der Waals surface area contributed by atoms with E-state index in [1.54, 1.807) is 11.3 Å². The van der Waals surface area contributed by atoms with E-state index in [0.717, 1.165) is 50.6 Å². The first-order valence-electron chi connectivity index (χ1n) is 8.47. The molecule has 6 heteroatoms. The molecule has 1 aromatic heterocycles. The van der Waals surface area contributed by atoms with Crippen LogP contribution in [0.4, 0.5) is 5.00 Å². The molecule has 1 fully saturated rings. The first-order valence-corrected chi connectivity index (χ1v) is 9.28. The molecule has 0 unspecified atom stereocenters. The fraction of sp³-hybridized carbons (Fsp3) is 0.647. The summed E-state index contributed by atoms with van der Waals surface area (Å²) < 4.78 is 5.32. The Morgan fingerprint density at radius 1 is 1.48 bits per heavy atom. The minimum absolute atomic E-state index is 0.00374. The van der Waals surface area contributed by atoms with Crippen molar-refractivity contribution in [1.82, 2.24) is 0 Å². The molecule has 2 aliphatic rings. The van der Waals surface area contributed by atoms with Crippen LogP contribution in [0.15, 0.2) is 0 Å². The lowest BCUT2D eigenvalue weighted by atomic mass is 9.86. The summed E-state index contributed by atoms with van der Waals surface area (Å²) in [5, 5.41) is 13.3. The number of anilines is 1. The molecular formula is C17H24N3O2S+. The van der Waals surface area contributed by atoms with Crippen LogP contribution in [0.2, 0.25) is 0 Å². The standard InChI is InChI=1S/C17H23N3O2S/c1-2-12-3-4-13-14(10-18)17(23-15(13)9-12)19-16(21)11-20-5-7-22-8-6-20/h12H,2-9,11H2,1H3,(H,19,21)/p+1/t12-/m1/s1. The van der Waals surface area contributed by atoms with Gasteiger partial charge in [0.2, 0.25) is 0 Å². The second-order valence-corrected chi connectivity index (χ2v) is 7.53. The number of nitrogens with one attached hydrogen (secondary N) is 2. The van der Waals surface area contributed by atoms with E-state index in [0.29, 0.717) is 18.0 Å². The number of hydrogen-bond acceptors (Lipinski definition) is 4. The predicted octanol–water partition coefficient (Wildman–Crippen LogP) is 0.988. The first kappa shape index (κ1) is 16.4. The minimum Gasteiger partial charge on any atom is -0.370 e. The lowest BCUT2D eigenvalue weighted by Gasteiger charge is -2.22. The zero-order chi connectivity index (χ0) is 16.2. The van der Waals surface area contributed by atoms with Crippen LogP contribution in [0.3, 0.4) is 0 Å². The smallest absolute Gasteiger partial charge is 0.280 e. The van der Waals surface area contributed by atoms with Gasteiger partial charge in [0.15, 0.2) is 6.54 Å². The third-order valence-corrected chi connectivity index (χ3v) is 6.09. The lowest BCUT2D eigenvalue weighted by molar-refractivity contribution is -0.899. The number of morpholine rings is 1. The van der Waals surface area contributed by atoms with Gasteiger partial charge in [0.1, 0.15) is 24.2 Å². The number of carbonyl (C=O) groups excluding carboxylic acids is 1. The van der Waals surface area contributed by atoms with Crippen LogP contribution < -0.4 is 10.2 Å². The first-order chi connectivity index (χ1) is 11.2. The van der Waals surface area contributed by atoms with Crippen LogP contribution in [-0.4, -0.2) is 38.8 Å². The van der Waals surface area contributed by atoms with E-state index in [1.807, 2.05) is 0 Å². The second-order valence-electron chi connectivity index (χ2n) is 6.42. The highest BCUT2D eigenvalue weighted by Crippen LogP contribution is 2.39. The number of thiophene rings is 1. The average Bonchev–Trinajstić information content (AvgIpc) is 2.91. The Hall–Kier alpha value is -1.42. The van der Waals surface area contributed by atoms with Crippen molar-refractivity contribution in [2.24, 2.45) is 5.92 Å². The molecule has 23 heavy (non-hydrogen) atoms. The second kappa shape index (κ2) is 7.43. The van der Waals surface area contributed by atoms with Crippen molar-refractivity contribution in [3.8, 4) is 6.07 Å². The van der Waals surface area contributed by atoms with Crippen molar-refractivity contribution in [3.63, 3.8) is 0 Å². The van der Waals surface area contributed by atoms with Crippen LogP contribution >= 0.6 is 11.3 Å². The fourth-order valence-electron chi connectivity index (χ4n) is 3.44. The van der Waals surface area contributed by atoms with E-state index in [1.165, 1.54) is 21.8 Å². The van der Waals surface area contributed by atoms with Gasteiger partial charge in [-0.05, 0) is 30.7 Å². The predicted molar refractivity (Wildman–Crippen MR) is 89.9 cm³/mol. The highest BCUT2D eigenvalue weighted by molar-refractivity contribution is 7.16. The summed E-state index contributed by atoms with van der Waals surface area (Å²) >= 11 is 1.61. The number of hydrogen-bond donors (Lipinski definition) is 2. The molecule has 2 N–H and O–H groups in total. The summed E-state index contributed by atoms with van der Waals surface area (Å²) in [6.45, 7) is 5.86. The summed E-state index contributed by atoms with van der Waals surface area (Å²) in [4.78, 5) is 14.9. The molecule has 0 radical (unpaired) electrons. The highest BCUT2D eigenvalue weighted by Gasteiger charge is 2.26. The van der Waals surface area contributed by atoms with Crippen molar-refractivity contribution < 1.29 is 14.4 Å². The average molecular weight is 334 g/mol. The van der Waals surface area contributed by atoms with Gasteiger partial charge in [-0.3, -0.25) is 4.79 Å². The van der Waals surface area contributed by atoms with E-state index in [9.17, 15) is 10.1 Å². The van der Waals surface area contributed by atoms with Crippen molar-refractivity contribution >= 4 is 22.2 Å². The highest BCUT2D eigenvalue weighted by atomic mass is 32.1. The maximum atomic E-state index is 12.3. The number of fused-ring (bicyclic) bond motifs is 1. The summed E-state index contributed by atoms with van der Waals surface area (Å²) in [7, 11) is 0. The van der Waals surface area contributed by atoms with E-state index in [-0.39, 0.29) is 5.91 Å². The third-order valence-electron chi connectivity index (χ3n) is 4.92. The molecule has 1 atom stereocenters. The molecule has 1 aliphatic heterocycles. The molecule has 0 spiro atoms. The van der Waals surface area contributed by atoms with Crippen molar-refractivity contribution in [3.05, 3.63) is 16.0 Å². The summed E-state index contributed by atoms with van der Waals surface area (Å²) in [5.41, 5.74) is 1.88. The van der Waals surface area contributed by atoms with Gasteiger partial charge in [-0.1, -0.05) is 13.3 Å². The maximum absolute atomic E-state index is 12.3. The molecule has 0 aromatic carbocycles. The summed E-state index contributed by atoms with van der Waals surface area (Å²) in [6, 6.07) is 2.31. The fourth-order valence-corrected chi connectivity index (χ4v) is 4.77. The molecule has 1 amide bonds.